The number of aryl methyl sites for hydroxylation is 1. The molecule has 6 aromatic rings. The highest BCUT2D eigenvalue weighted by Gasteiger charge is 2.44. The van der Waals surface area contributed by atoms with E-state index < -0.39 is 44.4 Å². The summed E-state index contributed by atoms with van der Waals surface area (Å²) >= 11 is 1.63. The molecule has 0 aliphatic carbocycles. The van der Waals surface area contributed by atoms with Crippen LogP contribution in [0, 0.1) is 17.0 Å². The Morgan fingerprint density at radius 2 is 1.50 bits per heavy atom. The van der Waals surface area contributed by atoms with E-state index in [1.54, 1.807) is 60.3 Å². The van der Waals surface area contributed by atoms with E-state index in [4.69, 9.17) is 0 Å². The summed E-state index contributed by atoms with van der Waals surface area (Å²) in [5.41, 5.74) is 2.74. The van der Waals surface area contributed by atoms with Crippen LogP contribution in [0.25, 0.3) is 22.4 Å². The first-order valence-corrected chi connectivity index (χ1v) is 26.3. The van der Waals surface area contributed by atoms with Gasteiger partial charge in [0.25, 0.3) is 21.6 Å². The number of thioether (sulfide) groups is 1. The van der Waals surface area contributed by atoms with Gasteiger partial charge in [0.05, 0.1) is 27.2 Å². The maximum atomic E-state index is 15.2. The summed E-state index contributed by atoms with van der Waals surface area (Å²) < 4.78 is 76.5. The van der Waals surface area contributed by atoms with E-state index in [1.807, 2.05) is 80.5 Å². The number of nitrogens with one attached hydrogen (secondary N) is 2. The number of sulfonamides is 1. The van der Waals surface area contributed by atoms with Crippen LogP contribution in [0.15, 0.2) is 131 Å². The third kappa shape index (κ3) is 12.0. The highest BCUT2D eigenvalue weighted by Crippen LogP contribution is 2.46. The summed E-state index contributed by atoms with van der Waals surface area (Å²) in [6.45, 7) is 5.17. The van der Waals surface area contributed by atoms with Crippen molar-refractivity contribution in [2.45, 2.75) is 54.3 Å². The Kier molecular flexibility index (Phi) is 15.9. The Balaban J connectivity index is 0.969. The van der Waals surface area contributed by atoms with Gasteiger partial charge in [-0.2, -0.15) is 13.2 Å². The van der Waals surface area contributed by atoms with Gasteiger partial charge in [-0.05, 0) is 119 Å². The van der Waals surface area contributed by atoms with Gasteiger partial charge in [0, 0.05) is 91.7 Å². The number of aromatic nitrogens is 1. The second kappa shape index (κ2) is 22.1. The smallest absolute Gasteiger partial charge is 0.393 e. The molecule has 0 bridgehead atoms. The molecule has 3 heterocycles. The van der Waals surface area contributed by atoms with E-state index in [0.717, 1.165) is 39.0 Å². The van der Waals surface area contributed by atoms with Gasteiger partial charge in [-0.1, -0.05) is 60.2 Å². The zero-order valence-corrected chi connectivity index (χ0v) is 42.2. The summed E-state index contributed by atoms with van der Waals surface area (Å²) in [4.78, 5) is 34.6. The summed E-state index contributed by atoms with van der Waals surface area (Å²) in [7, 11) is 1.04. The molecule has 0 unspecified atom stereocenters. The topological polar surface area (TPSA) is 157 Å². The number of piperazine rings is 1. The molecule has 1 amide bonds. The number of hydrogen-bond acceptors (Lipinski definition) is 11. The van der Waals surface area contributed by atoms with E-state index in [-0.39, 0.29) is 65.2 Å². The Bertz CT molecular complexity index is 2980. The molecular weight excluding hydrogens is 966 g/mol. The van der Waals surface area contributed by atoms with Crippen LogP contribution in [0.3, 0.4) is 0 Å². The highest BCUT2D eigenvalue weighted by molar-refractivity contribution is 7.99. The zero-order valence-electron chi connectivity index (χ0n) is 40.6. The largest absolute Gasteiger partial charge is 0.432 e. The van der Waals surface area contributed by atoms with E-state index in [9.17, 15) is 28.4 Å². The lowest BCUT2D eigenvalue weighted by Gasteiger charge is -2.37. The van der Waals surface area contributed by atoms with Gasteiger partial charge in [-0.3, -0.25) is 19.6 Å². The van der Waals surface area contributed by atoms with E-state index >= 15 is 13.2 Å². The van der Waals surface area contributed by atoms with Crippen molar-refractivity contribution in [3.05, 3.63) is 148 Å². The Labute approximate surface area is 422 Å². The number of nitro benzene ring substituents is 1. The second-order valence-electron chi connectivity index (χ2n) is 18.6. The minimum Gasteiger partial charge on any atom is -0.393 e. The van der Waals surface area contributed by atoms with Crippen LogP contribution in [0.4, 0.5) is 41.6 Å². The molecule has 0 saturated carbocycles. The van der Waals surface area contributed by atoms with Crippen LogP contribution in [0.2, 0.25) is 0 Å². The first-order chi connectivity index (χ1) is 34.4. The van der Waals surface area contributed by atoms with Crippen molar-refractivity contribution in [3.8, 4) is 22.4 Å². The second-order valence-corrected chi connectivity index (χ2v) is 21.3. The first-order valence-electron chi connectivity index (χ1n) is 23.8. The number of aliphatic hydroxyl groups is 1. The van der Waals surface area contributed by atoms with Gasteiger partial charge in [-0.25, -0.2) is 8.42 Å². The van der Waals surface area contributed by atoms with Crippen molar-refractivity contribution in [1.29, 1.82) is 0 Å². The number of carbonyl (C=O) groups excluding carboxylic acids is 1. The Hall–Kier alpha value is -6.54. The van der Waals surface area contributed by atoms with Crippen LogP contribution in [-0.2, 0) is 23.2 Å². The van der Waals surface area contributed by atoms with Gasteiger partial charge in [0.1, 0.15) is 11.4 Å². The van der Waals surface area contributed by atoms with Gasteiger partial charge in [0.2, 0.25) is 0 Å². The molecule has 3 N–H and O–H groups in total. The number of piperidine rings is 1. The van der Waals surface area contributed by atoms with Crippen LogP contribution in [-0.4, -0.2) is 117 Å². The number of rotatable bonds is 17. The van der Waals surface area contributed by atoms with Crippen LogP contribution >= 0.6 is 11.8 Å². The van der Waals surface area contributed by atoms with Gasteiger partial charge in [0.15, 0.2) is 0 Å². The number of carbonyl (C=O) groups is 1. The molecule has 1 aromatic heterocycles. The van der Waals surface area contributed by atoms with Crippen LogP contribution < -0.4 is 19.8 Å². The predicted octanol–water partition coefficient (Wildman–Crippen LogP) is 9.84. The lowest BCUT2D eigenvalue weighted by molar-refractivity contribution is -0.384. The molecule has 14 nitrogen and oxygen atoms in total. The summed E-state index contributed by atoms with van der Waals surface area (Å²) in [6, 6.07) is 34.9. The number of halogens is 3. The molecule has 2 aliphatic heterocycles. The number of nitro groups is 1. The zero-order chi connectivity index (χ0) is 51.3. The minimum atomic E-state index is -4.85. The van der Waals surface area contributed by atoms with E-state index in [2.05, 4.69) is 19.8 Å². The van der Waals surface area contributed by atoms with Crippen molar-refractivity contribution in [2.24, 2.45) is 7.05 Å². The van der Waals surface area contributed by atoms with Crippen molar-refractivity contribution >= 4 is 56.1 Å². The lowest BCUT2D eigenvalue weighted by Crippen LogP contribution is -2.46. The van der Waals surface area contributed by atoms with E-state index in [1.165, 1.54) is 24.1 Å². The number of likely N-dealkylation sites (tertiary alicyclic amines) is 1. The van der Waals surface area contributed by atoms with Crippen LogP contribution in [0.1, 0.15) is 40.9 Å². The number of aliphatic hydroxyl groups excluding tert-OH is 1. The average Bonchev–Trinajstić information content (AvgIpc) is 3.68. The first kappa shape index (κ1) is 51.8. The minimum absolute atomic E-state index is 0.141. The Morgan fingerprint density at radius 3 is 2.12 bits per heavy atom. The van der Waals surface area contributed by atoms with Gasteiger partial charge >= 0.3 is 6.18 Å². The number of anilines is 4. The Morgan fingerprint density at radius 1 is 0.847 bits per heavy atom. The van der Waals surface area contributed by atoms with Gasteiger partial charge in [-0.15, -0.1) is 11.8 Å². The monoisotopic (exact) mass is 1020 g/mol. The average molecular weight is 1030 g/mol. The molecule has 0 spiro atoms. The molecule has 2 fully saturated rings. The summed E-state index contributed by atoms with van der Waals surface area (Å²) in [5, 5.41) is 25.8. The molecule has 19 heteroatoms. The molecule has 2 saturated heterocycles. The SMILES string of the molecule is Cc1ccc(-c2c(-c3cccc(N4CCN(c5ccc(NS(=O)(=O)c6ccc(N[C@H](CCN(C)C)CSc7ccccc7)c([N+](=O)[O-])c6)cc5)CC4)c3)c(C(=O)N3CCC(O)CC3)c(C(F)(F)F)n2C)cc1. The van der Waals surface area contributed by atoms with Crippen LogP contribution in [0.5, 0.6) is 0 Å². The number of benzene rings is 5. The molecule has 5 aromatic carbocycles. The standard InChI is InChI=1S/C53H59F3N8O6S2/c1-36-13-15-37(16-14-36)50-48(49(51(60(50)4)53(54,55)56)52(66)63-27-24-43(65)25-28-63)38-9-8-10-42(33-38)62-31-29-61(30-32-62)41-19-17-39(18-20-41)58-72(69,70)45-21-22-46(47(34-45)64(67)68)57-40(23-26-59(2)3)35-71-44-11-6-5-7-12-44/h5-22,33-34,40,43,57-58,65H,23-32,35H2,1-4H3/t40-/m1/s1. The van der Waals surface area contributed by atoms with Gasteiger partial charge < -0.3 is 34.6 Å². The van der Waals surface area contributed by atoms with Crippen molar-refractivity contribution in [2.75, 3.05) is 85.5 Å². The molecule has 72 heavy (non-hydrogen) atoms. The number of alkyl halides is 3. The fourth-order valence-corrected chi connectivity index (χ4v) is 11.4. The normalized spacial score (nSPS) is 15.2. The number of amides is 1. The number of nitrogens with zero attached hydrogens (tertiary/aromatic N) is 6. The molecule has 8 rings (SSSR count). The quantitative estimate of drug-likeness (QED) is 0.0454. The van der Waals surface area contributed by atoms with Crippen molar-refractivity contribution in [3.63, 3.8) is 0 Å². The third-order valence-electron chi connectivity index (χ3n) is 13.2. The highest BCUT2D eigenvalue weighted by atomic mass is 32.2. The molecule has 1 atom stereocenters. The van der Waals surface area contributed by atoms with Crippen molar-refractivity contribution in [1.82, 2.24) is 14.4 Å². The predicted molar refractivity (Wildman–Crippen MR) is 280 cm³/mol. The number of hydrogen-bond donors (Lipinski definition) is 3. The molecule has 380 valence electrons. The fraction of sp³-hybridized carbons (Fsp3) is 0.340. The van der Waals surface area contributed by atoms with Crippen molar-refractivity contribution < 1.29 is 36.4 Å². The maximum Gasteiger partial charge on any atom is 0.432 e. The third-order valence-corrected chi connectivity index (χ3v) is 15.7. The molecule has 0 radical (unpaired) electrons. The lowest BCUT2D eigenvalue weighted by atomic mass is 9.94. The molecule has 2 aliphatic rings. The summed E-state index contributed by atoms with van der Waals surface area (Å²) in [6.07, 6.45) is -4.21. The molecular formula is C53H59F3N8O6S2. The fourth-order valence-electron chi connectivity index (χ4n) is 9.31. The van der Waals surface area contributed by atoms with E-state index in [0.29, 0.717) is 49.5 Å². The maximum absolute atomic E-state index is 15.2. The summed E-state index contributed by atoms with van der Waals surface area (Å²) in [5.74, 6) is -0.0899.